The summed E-state index contributed by atoms with van der Waals surface area (Å²) in [5, 5.41) is 12.8. The fourth-order valence-electron chi connectivity index (χ4n) is 2.52. The average Bonchev–Trinajstić information content (AvgIpc) is 3.24. The molecule has 3 aromatic heterocycles. The van der Waals surface area contributed by atoms with Gasteiger partial charge in [-0.3, -0.25) is 4.79 Å². The van der Waals surface area contributed by atoms with E-state index in [0.29, 0.717) is 15.5 Å². The largest absolute Gasteiger partial charge is 0.366 e. The lowest BCUT2D eigenvalue weighted by Gasteiger charge is -2.04. The predicted molar refractivity (Wildman–Crippen MR) is 100 cm³/mol. The Hall–Kier alpha value is -2.90. The first-order chi connectivity index (χ1) is 12.1. The van der Waals surface area contributed by atoms with Crippen LogP contribution in [0.5, 0.6) is 0 Å². The van der Waals surface area contributed by atoms with Crippen molar-refractivity contribution < 1.29 is 4.79 Å². The summed E-state index contributed by atoms with van der Waals surface area (Å²) in [6, 6.07) is 11.4. The molecule has 4 N–H and O–H groups in total. The number of aromatic amines is 1. The van der Waals surface area contributed by atoms with Gasteiger partial charge in [-0.15, -0.1) is 21.5 Å². The Labute approximate surface area is 151 Å². The maximum absolute atomic E-state index is 11.7. The van der Waals surface area contributed by atoms with Crippen molar-refractivity contribution in [3.63, 3.8) is 0 Å². The van der Waals surface area contributed by atoms with Crippen molar-refractivity contribution >= 4 is 50.4 Å². The molecule has 0 bridgehead atoms. The number of fused-ring (bicyclic) bond motifs is 1. The molecule has 0 radical (unpaired) electrons. The van der Waals surface area contributed by atoms with Crippen LogP contribution < -0.4 is 11.1 Å². The maximum Gasteiger partial charge on any atom is 0.270 e. The van der Waals surface area contributed by atoms with Crippen molar-refractivity contribution in [3.8, 4) is 10.4 Å². The molecule has 0 saturated heterocycles. The van der Waals surface area contributed by atoms with Crippen LogP contribution in [-0.4, -0.2) is 21.1 Å². The third-order valence-electron chi connectivity index (χ3n) is 3.66. The maximum atomic E-state index is 11.7. The first-order valence-electron chi connectivity index (χ1n) is 7.37. The topological polar surface area (TPSA) is 96.7 Å². The zero-order chi connectivity index (χ0) is 17.4. The van der Waals surface area contributed by atoms with Crippen LogP contribution in [0.4, 0.5) is 11.5 Å². The number of halogens is 1. The SMILES string of the molecule is NC(=O)c1nnc(Nc2cc[nH]c2)c2cc(-c3cccc(Cl)c3)sc12. The number of amides is 1. The molecule has 25 heavy (non-hydrogen) atoms. The van der Waals surface area contributed by atoms with E-state index in [9.17, 15) is 4.79 Å². The zero-order valence-electron chi connectivity index (χ0n) is 12.8. The molecule has 124 valence electrons. The van der Waals surface area contributed by atoms with E-state index < -0.39 is 5.91 Å². The highest BCUT2D eigenvalue weighted by atomic mass is 35.5. The lowest BCUT2D eigenvalue weighted by Crippen LogP contribution is -2.14. The van der Waals surface area contributed by atoms with Gasteiger partial charge in [0.2, 0.25) is 0 Å². The van der Waals surface area contributed by atoms with E-state index in [-0.39, 0.29) is 5.69 Å². The Morgan fingerprint density at radius 3 is 2.84 bits per heavy atom. The first-order valence-corrected chi connectivity index (χ1v) is 8.57. The van der Waals surface area contributed by atoms with E-state index in [2.05, 4.69) is 20.5 Å². The van der Waals surface area contributed by atoms with Crippen molar-refractivity contribution in [1.29, 1.82) is 0 Å². The van der Waals surface area contributed by atoms with E-state index >= 15 is 0 Å². The van der Waals surface area contributed by atoms with Crippen molar-refractivity contribution in [2.45, 2.75) is 0 Å². The molecule has 1 amide bonds. The Bertz CT molecular complexity index is 1070. The van der Waals surface area contributed by atoms with E-state index in [0.717, 1.165) is 21.5 Å². The van der Waals surface area contributed by atoms with Gasteiger partial charge in [0.05, 0.1) is 10.4 Å². The van der Waals surface area contributed by atoms with Gasteiger partial charge in [-0.2, -0.15) is 0 Å². The number of nitrogens with one attached hydrogen (secondary N) is 2. The summed E-state index contributed by atoms with van der Waals surface area (Å²) in [5.74, 6) is -0.0469. The van der Waals surface area contributed by atoms with Gasteiger partial charge in [0, 0.05) is 27.7 Å². The van der Waals surface area contributed by atoms with Gasteiger partial charge in [-0.1, -0.05) is 23.7 Å². The zero-order valence-corrected chi connectivity index (χ0v) is 14.4. The van der Waals surface area contributed by atoms with E-state index in [1.54, 1.807) is 12.4 Å². The van der Waals surface area contributed by atoms with Gasteiger partial charge < -0.3 is 16.0 Å². The monoisotopic (exact) mass is 369 g/mol. The summed E-state index contributed by atoms with van der Waals surface area (Å²) in [6.45, 7) is 0. The normalized spacial score (nSPS) is 10.9. The van der Waals surface area contributed by atoms with Crippen molar-refractivity contribution in [2.75, 3.05) is 5.32 Å². The molecule has 0 fully saturated rings. The van der Waals surface area contributed by atoms with E-state index in [1.807, 2.05) is 36.4 Å². The molecule has 4 aromatic rings. The molecule has 1 aromatic carbocycles. The molecule has 3 heterocycles. The average molecular weight is 370 g/mol. The van der Waals surface area contributed by atoms with Crippen LogP contribution in [0.3, 0.4) is 0 Å². The van der Waals surface area contributed by atoms with Crippen LogP contribution in [0.15, 0.2) is 48.8 Å². The standard InChI is InChI=1S/C17H12ClN5OS/c18-10-3-1-2-9(6-10)13-7-12-15(25-13)14(16(19)24)22-23-17(12)21-11-4-5-20-8-11/h1-8,20H,(H2,19,24)(H,21,23). The van der Waals surface area contributed by atoms with E-state index in [4.69, 9.17) is 17.3 Å². The van der Waals surface area contributed by atoms with Crippen LogP contribution in [0.1, 0.15) is 10.5 Å². The number of thiophene rings is 1. The molecule has 8 heteroatoms. The number of rotatable bonds is 4. The minimum atomic E-state index is -0.606. The minimum Gasteiger partial charge on any atom is -0.366 e. The Morgan fingerprint density at radius 1 is 1.24 bits per heavy atom. The number of nitrogens with two attached hydrogens (primary N) is 1. The summed E-state index contributed by atoms with van der Waals surface area (Å²) in [6.07, 6.45) is 3.61. The lowest BCUT2D eigenvalue weighted by molar-refractivity contribution is 0.0996. The summed E-state index contributed by atoms with van der Waals surface area (Å²) < 4.78 is 0.690. The predicted octanol–water partition coefficient (Wildman–Crippen LogP) is 4.18. The number of hydrogen-bond acceptors (Lipinski definition) is 5. The van der Waals surface area contributed by atoms with Gasteiger partial charge >= 0.3 is 0 Å². The number of primary amides is 1. The van der Waals surface area contributed by atoms with Gasteiger partial charge in [0.1, 0.15) is 0 Å². The molecule has 0 spiro atoms. The first kappa shape index (κ1) is 15.6. The van der Waals surface area contributed by atoms with Crippen LogP contribution in [0, 0.1) is 0 Å². The summed E-state index contributed by atoms with van der Waals surface area (Å²) in [5.41, 5.74) is 7.42. The highest BCUT2D eigenvalue weighted by Gasteiger charge is 2.18. The van der Waals surface area contributed by atoms with Crippen LogP contribution in [0.25, 0.3) is 20.5 Å². The summed E-state index contributed by atoms with van der Waals surface area (Å²) >= 11 is 7.52. The van der Waals surface area contributed by atoms with Crippen LogP contribution >= 0.6 is 22.9 Å². The number of carbonyl (C=O) groups excluding carboxylic acids is 1. The van der Waals surface area contributed by atoms with Gasteiger partial charge in [-0.25, -0.2) is 0 Å². The fourth-order valence-corrected chi connectivity index (χ4v) is 3.85. The molecule has 0 aliphatic rings. The van der Waals surface area contributed by atoms with Gasteiger partial charge in [0.15, 0.2) is 11.5 Å². The van der Waals surface area contributed by atoms with Crippen molar-refractivity contribution in [3.05, 3.63) is 59.5 Å². The molecule has 0 aliphatic heterocycles. The molecule has 0 atom stereocenters. The summed E-state index contributed by atoms with van der Waals surface area (Å²) in [4.78, 5) is 15.6. The lowest BCUT2D eigenvalue weighted by atomic mass is 10.1. The van der Waals surface area contributed by atoms with Crippen molar-refractivity contribution in [2.24, 2.45) is 5.73 Å². The molecular weight excluding hydrogens is 358 g/mol. The molecule has 0 unspecified atom stereocenters. The van der Waals surface area contributed by atoms with E-state index in [1.165, 1.54) is 11.3 Å². The van der Waals surface area contributed by atoms with Gasteiger partial charge in [-0.05, 0) is 29.8 Å². The second kappa shape index (κ2) is 6.19. The Kier molecular flexibility index (Phi) is 3.87. The number of H-pyrrole nitrogens is 1. The molecule has 6 nitrogen and oxygen atoms in total. The molecular formula is C17H12ClN5OS. The number of anilines is 2. The van der Waals surface area contributed by atoms with Crippen LogP contribution in [0.2, 0.25) is 5.02 Å². The molecule has 0 aliphatic carbocycles. The third-order valence-corrected chi connectivity index (χ3v) is 5.08. The highest BCUT2D eigenvalue weighted by molar-refractivity contribution is 7.22. The Balaban J connectivity index is 1.90. The van der Waals surface area contributed by atoms with Crippen LogP contribution in [-0.2, 0) is 0 Å². The minimum absolute atomic E-state index is 0.160. The number of aromatic nitrogens is 3. The number of hydrogen-bond donors (Lipinski definition) is 3. The summed E-state index contributed by atoms with van der Waals surface area (Å²) in [7, 11) is 0. The molecule has 0 saturated carbocycles. The smallest absolute Gasteiger partial charge is 0.270 e. The third kappa shape index (κ3) is 2.95. The number of benzene rings is 1. The number of carbonyl (C=O) groups is 1. The molecule has 4 rings (SSSR count). The fraction of sp³-hybridized carbons (Fsp3) is 0. The van der Waals surface area contributed by atoms with Crippen molar-refractivity contribution in [1.82, 2.24) is 15.2 Å². The second-order valence-electron chi connectivity index (χ2n) is 5.35. The van der Waals surface area contributed by atoms with Gasteiger partial charge in [0.25, 0.3) is 5.91 Å². The highest BCUT2D eigenvalue weighted by Crippen LogP contribution is 2.38. The number of nitrogens with zero attached hydrogens (tertiary/aromatic N) is 2. The Morgan fingerprint density at radius 2 is 2.12 bits per heavy atom. The second-order valence-corrected chi connectivity index (χ2v) is 6.84. The quantitative estimate of drug-likeness (QED) is 0.502.